The van der Waals surface area contributed by atoms with Gasteiger partial charge < -0.3 is 4.74 Å². The van der Waals surface area contributed by atoms with Crippen LogP contribution in [0.15, 0.2) is 48.0 Å². The molecule has 0 aliphatic heterocycles. The highest BCUT2D eigenvalue weighted by atomic mass is 127. The SMILES string of the molecule is COc1ccc2c(c1)C(=O)/C(=C\c1cccc(I)c1)CC2. The van der Waals surface area contributed by atoms with Crippen LogP contribution in [-0.4, -0.2) is 12.9 Å². The summed E-state index contributed by atoms with van der Waals surface area (Å²) in [5, 5.41) is 0. The van der Waals surface area contributed by atoms with Gasteiger partial charge in [0.2, 0.25) is 0 Å². The highest BCUT2D eigenvalue weighted by Crippen LogP contribution is 2.29. The summed E-state index contributed by atoms with van der Waals surface area (Å²) in [5.74, 6) is 0.853. The number of ketones is 1. The van der Waals surface area contributed by atoms with Crippen molar-refractivity contribution in [3.8, 4) is 5.75 Å². The van der Waals surface area contributed by atoms with Gasteiger partial charge >= 0.3 is 0 Å². The topological polar surface area (TPSA) is 26.3 Å². The average molecular weight is 390 g/mol. The second-order valence-corrected chi connectivity index (χ2v) is 6.32. The number of carbonyl (C=O) groups is 1. The molecule has 1 aliphatic carbocycles. The van der Waals surface area contributed by atoms with Crippen molar-refractivity contribution in [2.24, 2.45) is 0 Å². The molecule has 0 aromatic heterocycles. The minimum atomic E-state index is 0.119. The zero-order valence-electron chi connectivity index (χ0n) is 11.7. The lowest BCUT2D eigenvalue weighted by molar-refractivity contribution is 0.102. The summed E-state index contributed by atoms with van der Waals surface area (Å²) in [4.78, 5) is 12.6. The highest BCUT2D eigenvalue weighted by molar-refractivity contribution is 14.1. The number of fused-ring (bicyclic) bond motifs is 1. The summed E-state index contributed by atoms with van der Waals surface area (Å²) in [5.41, 5.74) is 3.84. The summed E-state index contributed by atoms with van der Waals surface area (Å²) >= 11 is 2.28. The second kappa shape index (κ2) is 6.02. The van der Waals surface area contributed by atoms with Gasteiger partial charge in [-0.2, -0.15) is 0 Å². The number of carbonyl (C=O) groups excluding carboxylic acids is 1. The molecule has 2 aromatic carbocycles. The maximum absolute atomic E-state index is 12.6. The van der Waals surface area contributed by atoms with Crippen molar-refractivity contribution >= 4 is 34.5 Å². The van der Waals surface area contributed by atoms with Crippen LogP contribution < -0.4 is 4.74 Å². The van der Waals surface area contributed by atoms with Gasteiger partial charge in [-0.05, 0) is 76.9 Å². The normalized spacial score (nSPS) is 15.9. The molecule has 0 N–H and O–H groups in total. The van der Waals surface area contributed by atoms with Crippen LogP contribution in [0.1, 0.15) is 27.9 Å². The van der Waals surface area contributed by atoms with E-state index in [1.807, 2.05) is 42.5 Å². The minimum Gasteiger partial charge on any atom is -0.497 e. The Hall–Kier alpha value is -1.62. The lowest BCUT2D eigenvalue weighted by atomic mass is 9.86. The zero-order chi connectivity index (χ0) is 14.8. The number of halogens is 1. The zero-order valence-corrected chi connectivity index (χ0v) is 13.9. The van der Waals surface area contributed by atoms with Crippen molar-refractivity contribution in [3.05, 3.63) is 68.3 Å². The van der Waals surface area contributed by atoms with Crippen molar-refractivity contribution in [1.82, 2.24) is 0 Å². The van der Waals surface area contributed by atoms with Crippen molar-refractivity contribution in [3.63, 3.8) is 0 Å². The Kier molecular flexibility index (Phi) is 4.10. The number of allylic oxidation sites excluding steroid dienone is 1. The van der Waals surface area contributed by atoms with Gasteiger partial charge in [0.1, 0.15) is 5.75 Å². The number of methoxy groups -OCH3 is 1. The lowest BCUT2D eigenvalue weighted by Crippen LogP contribution is -2.14. The Bertz CT molecular complexity index is 732. The fraction of sp³-hybridized carbons (Fsp3) is 0.167. The van der Waals surface area contributed by atoms with Gasteiger partial charge in [0.05, 0.1) is 7.11 Å². The van der Waals surface area contributed by atoms with Gasteiger partial charge in [0.15, 0.2) is 5.78 Å². The van der Waals surface area contributed by atoms with E-state index in [0.717, 1.165) is 40.9 Å². The number of Topliss-reactive ketones (excluding diaryl/α,β-unsaturated/α-hetero) is 1. The largest absolute Gasteiger partial charge is 0.497 e. The molecule has 21 heavy (non-hydrogen) atoms. The van der Waals surface area contributed by atoms with E-state index in [4.69, 9.17) is 4.74 Å². The highest BCUT2D eigenvalue weighted by Gasteiger charge is 2.22. The molecule has 0 unspecified atom stereocenters. The quantitative estimate of drug-likeness (QED) is 0.557. The Morgan fingerprint density at radius 1 is 1.14 bits per heavy atom. The summed E-state index contributed by atoms with van der Waals surface area (Å²) in [6.45, 7) is 0. The van der Waals surface area contributed by atoms with E-state index in [1.54, 1.807) is 7.11 Å². The first-order valence-electron chi connectivity index (χ1n) is 6.85. The van der Waals surface area contributed by atoms with E-state index in [-0.39, 0.29) is 5.78 Å². The molecule has 106 valence electrons. The standard InChI is InChI=1S/C18H15IO2/c1-21-16-8-7-13-5-6-14(18(20)17(13)11-16)9-12-3-2-4-15(19)10-12/h2-4,7-11H,5-6H2,1H3/b14-9-. The van der Waals surface area contributed by atoms with E-state index in [0.29, 0.717) is 0 Å². The summed E-state index contributed by atoms with van der Waals surface area (Å²) in [7, 11) is 1.62. The summed E-state index contributed by atoms with van der Waals surface area (Å²) in [6, 6.07) is 13.9. The summed E-state index contributed by atoms with van der Waals surface area (Å²) in [6.07, 6.45) is 3.71. The average Bonchev–Trinajstić information content (AvgIpc) is 2.50. The molecule has 0 fully saturated rings. The Labute approximate surface area is 138 Å². The first kappa shape index (κ1) is 14.3. The molecule has 0 atom stereocenters. The van der Waals surface area contributed by atoms with Crippen molar-refractivity contribution in [1.29, 1.82) is 0 Å². The van der Waals surface area contributed by atoms with Crippen LogP contribution in [0.3, 0.4) is 0 Å². The first-order chi connectivity index (χ1) is 10.2. The molecule has 0 bridgehead atoms. The molecule has 2 nitrogen and oxygen atoms in total. The predicted molar refractivity (Wildman–Crippen MR) is 92.8 cm³/mol. The monoisotopic (exact) mass is 390 g/mol. The van der Waals surface area contributed by atoms with Crippen LogP contribution in [0.5, 0.6) is 5.75 Å². The second-order valence-electron chi connectivity index (χ2n) is 5.08. The van der Waals surface area contributed by atoms with Gasteiger partial charge in [-0.1, -0.05) is 18.2 Å². The number of benzene rings is 2. The van der Waals surface area contributed by atoms with Gasteiger partial charge in [-0.25, -0.2) is 0 Å². The maximum atomic E-state index is 12.6. The van der Waals surface area contributed by atoms with Gasteiger partial charge in [-0.3, -0.25) is 4.79 Å². The first-order valence-corrected chi connectivity index (χ1v) is 7.93. The van der Waals surface area contributed by atoms with Crippen LogP contribution in [0.2, 0.25) is 0 Å². The lowest BCUT2D eigenvalue weighted by Gasteiger charge is -2.18. The van der Waals surface area contributed by atoms with E-state index in [9.17, 15) is 4.79 Å². The van der Waals surface area contributed by atoms with Crippen molar-refractivity contribution < 1.29 is 9.53 Å². The number of hydrogen-bond donors (Lipinski definition) is 0. The smallest absolute Gasteiger partial charge is 0.189 e. The molecule has 1 aliphatic rings. The molecule has 0 spiro atoms. The molecule has 3 heteroatoms. The minimum absolute atomic E-state index is 0.119. The maximum Gasteiger partial charge on any atom is 0.189 e. The fourth-order valence-electron chi connectivity index (χ4n) is 2.60. The molecule has 0 radical (unpaired) electrons. The van der Waals surface area contributed by atoms with Crippen LogP contribution in [0.25, 0.3) is 6.08 Å². The molecule has 0 saturated heterocycles. The summed E-state index contributed by atoms with van der Waals surface area (Å²) < 4.78 is 6.40. The van der Waals surface area contributed by atoms with Crippen LogP contribution in [0, 0.1) is 3.57 Å². The third-order valence-electron chi connectivity index (χ3n) is 3.71. The predicted octanol–water partition coefficient (Wildman–Crippen LogP) is 4.51. The number of rotatable bonds is 2. The van der Waals surface area contributed by atoms with Gasteiger partial charge in [0.25, 0.3) is 0 Å². The molecule has 0 heterocycles. The number of ether oxygens (including phenoxy) is 1. The molecule has 2 aromatic rings. The van der Waals surface area contributed by atoms with Crippen molar-refractivity contribution in [2.75, 3.05) is 7.11 Å². The third kappa shape index (κ3) is 3.02. The molecular formula is C18H15IO2. The van der Waals surface area contributed by atoms with E-state index in [1.165, 1.54) is 3.57 Å². The van der Waals surface area contributed by atoms with Gasteiger partial charge in [-0.15, -0.1) is 0 Å². The number of hydrogen-bond acceptors (Lipinski definition) is 2. The Morgan fingerprint density at radius 2 is 2.00 bits per heavy atom. The van der Waals surface area contributed by atoms with Crippen LogP contribution >= 0.6 is 22.6 Å². The van der Waals surface area contributed by atoms with Gasteiger partial charge in [0, 0.05) is 14.7 Å². The van der Waals surface area contributed by atoms with Crippen LogP contribution in [0.4, 0.5) is 0 Å². The molecular weight excluding hydrogens is 375 g/mol. The van der Waals surface area contributed by atoms with E-state index < -0.39 is 0 Å². The molecule has 0 amide bonds. The molecule has 3 rings (SSSR count). The van der Waals surface area contributed by atoms with E-state index in [2.05, 4.69) is 28.7 Å². The number of aryl methyl sites for hydroxylation is 1. The third-order valence-corrected chi connectivity index (χ3v) is 4.38. The Morgan fingerprint density at radius 3 is 2.76 bits per heavy atom. The van der Waals surface area contributed by atoms with Crippen LogP contribution in [-0.2, 0) is 6.42 Å². The Balaban J connectivity index is 1.98. The van der Waals surface area contributed by atoms with Crippen molar-refractivity contribution in [2.45, 2.75) is 12.8 Å². The fourth-order valence-corrected chi connectivity index (χ4v) is 3.17. The van der Waals surface area contributed by atoms with E-state index >= 15 is 0 Å². The molecule has 0 saturated carbocycles.